The lowest BCUT2D eigenvalue weighted by Gasteiger charge is -2.50. The zero-order valence-electron chi connectivity index (χ0n) is 12.9. The molecule has 1 aromatic carbocycles. The fraction of sp³-hybridized carbons (Fsp3) is 0.647. The summed E-state index contributed by atoms with van der Waals surface area (Å²) in [6, 6.07) is 6.88. The van der Waals surface area contributed by atoms with Crippen LogP contribution in [-0.2, 0) is 6.54 Å². The zero-order chi connectivity index (χ0) is 14.8. The number of nitrogens with two attached hydrogens (primary N) is 1. The third-order valence-electron chi connectivity index (χ3n) is 5.13. The summed E-state index contributed by atoms with van der Waals surface area (Å²) in [6.45, 7) is 6.05. The molecule has 0 amide bonds. The number of hydrogen-bond acceptors (Lipinski definition) is 2. The number of nitrogens with zero attached hydrogens (tertiary/aromatic N) is 1. The normalized spacial score (nSPS) is 30.7. The molecule has 2 rings (SSSR count). The molecule has 2 N–H and O–H groups in total. The minimum absolute atomic E-state index is 0.0456. The van der Waals surface area contributed by atoms with Crippen LogP contribution < -0.4 is 5.73 Å². The topological polar surface area (TPSA) is 29.3 Å². The first kappa shape index (κ1) is 15.5. The SMILES string of the molecule is CC1CCC(C)C(CN)(N(C)Cc2cccc(F)c2)C1. The van der Waals surface area contributed by atoms with Crippen LogP contribution in [0.1, 0.15) is 38.7 Å². The average Bonchev–Trinajstić information content (AvgIpc) is 2.41. The second-order valence-corrected chi connectivity index (χ2v) is 6.58. The Bertz CT molecular complexity index is 448. The summed E-state index contributed by atoms with van der Waals surface area (Å²) in [4.78, 5) is 2.35. The van der Waals surface area contributed by atoms with E-state index in [2.05, 4.69) is 25.8 Å². The zero-order valence-corrected chi connectivity index (χ0v) is 12.9. The third kappa shape index (κ3) is 3.04. The molecule has 3 atom stereocenters. The van der Waals surface area contributed by atoms with Crippen LogP contribution in [-0.4, -0.2) is 24.0 Å². The molecule has 1 fully saturated rings. The second-order valence-electron chi connectivity index (χ2n) is 6.58. The van der Waals surface area contributed by atoms with E-state index in [4.69, 9.17) is 5.73 Å². The molecule has 1 aromatic rings. The van der Waals surface area contributed by atoms with Crippen molar-refractivity contribution < 1.29 is 4.39 Å². The molecule has 112 valence electrons. The number of hydrogen-bond donors (Lipinski definition) is 1. The van der Waals surface area contributed by atoms with Crippen LogP contribution in [0.25, 0.3) is 0 Å². The minimum Gasteiger partial charge on any atom is -0.329 e. The van der Waals surface area contributed by atoms with Crippen LogP contribution in [0.3, 0.4) is 0 Å². The first-order valence-electron chi connectivity index (χ1n) is 7.63. The highest BCUT2D eigenvalue weighted by molar-refractivity contribution is 5.17. The van der Waals surface area contributed by atoms with E-state index in [0.29, 0.717) is 18.4 Å². The van der Waals surface area contributed by atoms with Crippen molar-refractivity contribution in [2.24, 2.45) is 17.6 Å². The summed E-state index contributed by atoms with van der Waals surface area (Å²) in [5.74, 6) is 1.13. The van der Waals surface area contributed by atoms with Crippen molar-refractivity contribution in [1.82, 2.24) is 4.90 Å². The lowest BCUT2D eigenvalue weighted by atomic mass is 9.68. The van der Waals surface area contributed by atoms with Crippen molar-refractivity contribution in [2.45, 2.75) is 45.2 Å². The van der Waals surface area contributed by atoms with Gasteiger partial charge in [0.1, 0.15) is 5.82 Å². The van der Waals surface area contributed by atoms with Crippen molar-refractivity contribution in [1.29, 1.82) is 0 Å². The van der Waals surface area contributed by atoms with E-state index in [1.807, 2.05) is 6.07 Å². The number of likely N-dealkylation sites (N-methyl/N-ethyl adjacent to an activating group) is 1. The number of rotatable bonds is 4. The molecule has 0 radical (unpaired) electrons. The van der Waals surface area contributed by atoms with E-state index in [9.17, 15) is 4.39 Å². The van der Waals surface area contributed by atoms with Gasteiger partial charge >= 0.3 is 0 Å². The first-order chi connectivity index (χ1) is 9.48. The largest absolute Gasteiger partial charge is 0.329 e. The van der Waals surface area contributed by atoms with E-state index < -0.39 is 0 Å². The minimum atomic E-state index is -0.164. The molecular formula is C17H27FN2. The fourth-order valence-corrected chi connectivity index (χ4v) is 3.75. The van der Waals surface area contributed by atoms with E-state index in [1.54, 1.807) is 12.1 Å². The summed E-state index contributed by atoms with van der Waals surface area (Å²) >= 11 is 0. The second kappa shape index (κ2) is 6.23. The van der Waals surface area contributed by atoms with Crippen LogP contribution in [0, 0.1) is 17.7 Å². The van der Waals surface area contributed by atoms with Gasteiger partial charge in [0.05, 0.1) is 0 Å². The molecule has 2 nitrogen and oxygen atoms in total. The molecule has 1 saturated carbocycles. The summed E-state index contributed by atoms with van der Waals surface area (Å²) in [5, 5.41) is 0. The van der Waals surface area contributed by atoms with Crippen molar-refractivity contribution in [2.75, 3.05) is 13.6 Å². The number of benzene rings is 1. The molecular weight excluding hydrogens is 251 g/mol. The van der Waals surface area contributed by atoms with Gasteiger partial charge in [0.2, 0.25) is 0 Å². The van der Waals surface area contributed by atoms with E-state index in [0.717, 1.165) is 18.5 Å². The van der Waals surface area contributed by atoms with E-state index in [-0.39, 0.29) is 11.4 Å². The number of halogens is 1. The molecule has 0 aliphatic heterocycles. The standard InChI is InChI=1S/C17H27FN2/c1-13-7-8-14(2)17(10-13,12-19)20(3)11-15-5-4-6-16(18)9-15/h4-6,9,13-14H,7-8,10-12,19H2,1-3H3. The molecule has 0 saturated heterocycles. The lowest BCUT2D eigenvalue weighted by Crippen LogP contribution is -2.58. The molecule has 3 heteroatoms. The molecule has 0 heterocycles. The smallest absolute Gasteiger partial charge is 0.123 e. The van der Waals surface area contributed by atoms with Gasteiger partial charge in [-0.15, -0.1) is 0 Å². The van der Waals surface area contributed by atoms with Gasteiger partial charge in [-0.05, 0) is 49.4 Å². The van der Waals surface area contributed by atoms with Gasteiger partial charge in [0.15, 0.2) is 0 Å². The molecule has 20 heavy (non-hydrogen) atoms. The first-order valence-corrected chi connectivity index (χ1v) is 7.63. The van der Waals surface area contributed by atoms with Crippen molar-refractivity contribution in [3.05, 3.63) is 35.6 Å². The van der Waals surface area contributed by atoms with Gasteiger partial charge in [-0.3, -0.25) is 4.90 Å². The highest BCUT2D eigenvalue weighted by atomic mass is 19.1. The Kier molecular flexibility index (Phi) is 4.82. The Morgan fingerprint density at radius 1 is 1.35 bits per heavy atom. The summed E-state index contributed by atoms with van der Waals surface area (Å²) in [5.41, 5.74) is 7.22. The molecule has 0 spiro atoms. The van der Waals surface area contributed by atoms with Gasteiger partial charge < -0.3 is 5.73 Å². The Morgan fingerprint density at radius 3 is 2.75 bits per heavy atom. The highest BCUT2D eigenvalue weighted by Crippen LogP contribution is 2.40. The molecule has 0 bridgehead atoms. The van der Waals surface area contributed by atoms with Crippen molar-refractivity contribution in [3.63, 3.8) is 0 Å². The van der Waals surface area contributed by atoms with Gasteiger partial charge in [-0.1, -0.05) is 32.4 Å². The van der Waals surface area contributed by atoms with Crippen molar-refractivity contribution >= 4 is 0 Å². The maximum atomic E-state index is 13.3. The van der Waals surface area contributed by atoms with Crippen LogP contribution in [0.5, 0.6) is 0 Å². The Morgan fingerprint density at radius 2 is 2.10 bits per heavy atom. The molecule has 3 unspecified atom stereocenters. The summed E-state index contributed by atoms with van der Waals surface area (Å²) in [6.07, 6.45) is 3.65. The van der Waals surface area contributed by atoms with Crippen LogP contribution in [0.2, 0.25) is 0 Å². The van der Waals surface area contributed by atoms with Crippen LogP contribution in [0.15, 0.2) is 24.3 Å². The molecule has 0 aromatic heterocycles. The van der Waals surface area contributed by atoms with Crippen molar-refractivity contribution in [3.8, 4) is 0 Å². The van der Waals surface area contributed by atoms with Gasteiger partial charge in [0, 0.05) is 18.6 Å². The fourth-order valence-electron chi connectivity index (χ4n) is 3.75. The predicted octanol–water partition coefficient (Wildman–Crippen LogP) is 3.41. The summed E-state index contributed by atoms with van der Waals surface area (Å²) < 4.78 is 13.3. The van der Waals surface area contributed by atoms with Gasteiger partial charge in [-0.2, -0.15) is 0 Å². The Labute approximate surface area is 122 Å². The molecule has 1 aliphatic rings. The monoisotopic (exact) mass is 278 g/mol. The van der Waals surface area contributed by atoms with Gasteiger partial charge in [0.25, 0.3) is 0 Å². The Balaban J connectivity index is 2.17. The van der Waals surface area contributed by atoms with E-state index >= 15 is 0 Å². The molecule has 1 aliphatic carbocycles. The quantitative estimate of drug-likeness (QED) is 0.914. The predicted molar refractivity (Wildman–Crippen MR) is 81.8 cm³/mol. The average molecular weight is 278 g/mol. The van der Waals surface area contributed by atoms with Crippen LogP contribution in [0.4, 0.5) is 4.39 Å². The van der Waals surface area contributed by atoms with Gasteiger partial charge in [-0.25, -0.2) is 4.39 Å². The maximum Gasteiger partial charge on any atom is 0.123 e. The maximum absolute atomic E-state index is 13.3. The lowest BCUT2D eigenvalue weighted by molar-refractivity contribution is 0.00900. The highest BCUT2D eigenvalue weighted by Gasteiger charge is 2.42. The third-order valence-corrected chi connectivity index (χ3v) is 5.13. The van der Waals surface area contributed by atoms with E-state index in [1.165, 1.54) is 18.9 Å². The summed E-state index contributed by atoms with van der Waals surface area (Å²) in [7, 11) is 2.13. The van der Waals surface area contributed by atoms with Crippen LogP contribution >= 0.6 is 0 Å². The Hall–Kier alpha value is -0.930.